The van der Waals surface area contributed by atoms with Gasteiger partial charge in [-0.25, -0.2) is 13.4 Å². The third-order valence-electron chi connectivity index (χ3n) is 3.60. The highest BCUT2D eigenvalue weighted by Crippen LogP contribution is 2.13. The minimum atomic E-state index is -2.99. The SMILES string of the molecule is CCC(C)Nc1cc(C(=O)NC2CCS(=O)(=O)C2)ccn1. The average molecular weight is 311 g/mol. The Hall–Kier alpha value is -1.63. The van der Waals surface area contributed by atoms with Crippen LogP contribution in [0, 0.1) is 0 Å². The number of carbonyl (C=O) groups excluding carboxylic acids is 1. The summed E-state index contributed by atoms with van der Waals surface area (Å²) in [7, 11) is -2.99. The van der Waals surface area contributed by atoms with E-state index in [1.165, 1.54) is 0 Å². The van der Waals surface area contributed by atoms with Crippen LogP contribution in [-0.2, 0) is 9.84 Å². The monoisotopic (exact) mass is 311 g/mol. The van der Waals surface area contributed by atoms with E-state index in [1.54, 1.807) is 18.3 Å². The molecule has 0 aliphatic carbocycles. The lowest BCUT2D eigenvalue weighted by atomic mass is 10.2. The van der Waals surface area contributed by atoms with Crippen molar-refractivity contribution in [2.45, 2.75) is 38.8 Å². The second-order valence-electron chi connectivity index (χ2n) is 5.46. The van der Waals surface area contributed by atoms with Gasteiger partial charge in [-0.2, -0.15) is 0 Å². The molecular formula is C14H21N3O3S. The second-order valence-corrected chi connectivity index (χ2v) is 7.69. The fraction of sp³-hybridized carbons (Fsp3) is 0.571. The number of anilines is 1. The summed E-state index contributed by atoms with van der Waals surface area (Å²) >= 11 is 0. The van der Waals surface area contributed by atoms with Crippen LogP contribution in [0.1, 0.15) is 37.0 Å². The maximum Gasteiger partial charge on any atom is 0.251 e. The van der Waals surface area contributed by atoms with Crippen LogP contribution in [0.25, 0.3) is 0 Å². The molecule has 2 unspecified atom stereocenters. The van der Waals surface area contributed by atoms with Crippen molar-refractivity contribution in [3.63, 3.8) is 0 Å². The molecule has 1 aromatic rings. The van der Waals surface area contributed by atoms with Crippen molar-refractivity contribution in [1.82, 2.24) is 10.3 Å². The van der Waals surface area contributed by atoms with Crippen LogP contribution in [0.15, 0.2) is 18.3 Å². The number of carbonyl (C=O) groups is 1. The number of nitrogens with zero attached hydrogens (tertiary/aromatic N) is 1. The standard InChI is InChI=1S/C14H21N3O3S/c1-3-10(2)16-13-8-11(4-6-15-13)14(18)17-12-5-7-21(19,20)9-12/h4,6,8,10,12H,3,5,7,9H2,1-2H3,(H,15,16)(H,17,18). The first-order valence-electron chi connectivity index (χ1n) is 7.13. The van der Waals surface area contributed by atoms with E-state index in [2.05, 4.69) is 22.5 Å². The Morgan fingerprint density at radius 3 is 2.90 bits per heavy atom. The van der Waals surface area contributed by atoms with Crippen LogP contribution < -0.4 is 10.6 Å². The molecule has 21 heavy (non-hydrogen) atoms. The highest BCUT2D eigenvalue weighted by Gasteiger charge is 2.29. The number of rotatable bonds is 5. The Kier molecular flexibility index (Phi) is 4.82. The zero-order valence-corrected chi connectivity index (χ0v) is 13.1. The summed E-state index contributed by atoms with van der Waals surface area (Å²) < 4.78 is 22.8. The molecule has 0 radical (unpaired) electrons. The van der Waals surface area contributed by atoms with Gasteiger partial charge in [-0.15, -0.1) is 0 Å². The molecule has 0 spiro atoms. The molecule has 2 N–H and O–H groups in total. The number of hydrogen-bond donors (Lipinski definition) is 2. The molecule has 1 saturated heterocycles. The smallest absolute Gasteiger partial charge is 0.251 e. The highest BCUT2D eigenvalue weighted by atomic mass is 32.2. The van der Waals surface area contributed by atoms with E-state index in [0.717, 1.165) is 6.42 Å². The van der Waals surface area contributed by atoms with Gasteiger partial charge in [0.15, 0.2) is 9.84 Å². The predicted molar refractivity (Wildman–Crippen MR) is 82.1 cm³/mol. The van der Waals surface area contributed by atoms with E-state index in [9.17, 15) is 13.2 Å². The third kappa shape index (κ3) is 4.42. The molecule has 1 amide bonds. The molecule has 6 nitrogen and oxygen atoms in total. The first-order valence-corrected chi connectivity index (χ1v) is 8.95. The summed E-state index contributed by atoms with van der Waals surface area (Å²) in [6, 6.07) is 3.29. The van der Waals surface area contributed by atoms with Crippen LogP contribution >= 0.6 is 0 Å². The molecule has 0 bridgehead atoms. The number of aromatic nitrogens is 1. The lowest BCUT2D eigenvalue weighted by molar-refractivity contribution is 0.0941. The summed E-state index contributed by atoms with van der Waals surface area (Å²) in [5, 5.41) is 5.98. The van der Waals surface area contributed by atoms with Gasteiger partial charge in [-0.05, 0) is 31.9 Å². The number of hydrogen-bond acceptors (Lipinski definition) is 5. The van der Waals surface area contributed by atoms with Crippen LogP contribution in [0.5, 0.6) is 0 Å². The van der Waals surface area contributed by atoms with Gasteiger partial charge >= 0.3 is 0 Å². The molecule has 0 aromatic carbocycles. The van der Waals surface area contributed by atoms with Crippen LogP contribution in [0.3, 0.4) is 0 Å². The molecule has 116 valence electrons. The topological polar surface area (TPSA) is 88.2 Å². The second kappa shape index (κ2) is 6.43. The molecule has 1 fully saturated rings. The van der Waals surface area contributed by atoms with Gasteiger partial charge in [0.05, 0.1) is 11.5 Å². The van der Waals surface area contributed by atoms with Gasteiger partial charge in [0.25, 0.3) is 5.91 Å². The molecule has 7 heteroatoms. The molecule has 2 atom stereocenters. The molecular weight excluding hydrogens is 290 g/mol. The Morgan fingerprint density at radius 2 is 2.29 bits per heavy atom. The first kappa shape index (κ1) is 15.8. The summed E-state index contributed by atoms with van der Waals surface area (Å²) in [6.07, 6.45) is 3.01. The zero-order valence-electron chi connectivity index (χ0n) is 12.3. The predicted octanol–water partition coefficient (Wildman–Crippen LogP) is 1.21. The van der Waals surface area contributed by atoms with Crippen molar-refractivity contribution < 1.29 is 13.2 Å². The fourth-order valence-corrected chi connectivity index (χ4v) is 3.86. The summed E-state index contributed by atoms with van der Waals surface area (Å²) in [5.74, 6) is 0.569. The van der Waals surface area contributed by atoms with Gasteiger partial charge in [0.2, 0.25) is 0 Å². The molecule has 1 aromatic heterocycles. The Morgan fingerprint density at radius 1 is 1.52 bits per heavy atom. The molecule has 1 aliphatic heterocycles. The molecule has 2 heterocycles. The Labute approximate surface area is 125 Å². The van der Waals surface area contributed by atoms with E-state index >= 15 is 0 Å². The van der Waals surface area contributed by atoms with Crippen molar-refractivity contribution in [1.29, 1.82) is 0 Å². The maximum atomic E-state index is 12.2. The van der Waals surface area contributed by atoms with Crippen molar-refractivity contribution in [3.8, 4) is 0 Å². The van der Waals surface area contributed by atoms with Crippen LogP contribution in [0.4, 0.5) is 5.82 Å². The summed E-state index contributed by atoms with van der Waals surface area (Å²) in [5.41, 5.74) is 0.486. The number of pyridine rings is 1. The van der Waals surface area contributed by atoms with Gasteiger partial charge < -0.3 is 10.6 Å². The van der Waals surface area contributed by atoms with Crippen molar-refractivity contribution in [2.75, 3.05) is 16.8 Å². The zero-order chi connectivity index (χ0) is 15.5. The van der Waals surface area contributed by atoms with Crippen molar-refractivity contribution >= 4 is 21.6 Å². The van der Waals surface area contributed by atoms with E-state index < -0.39 is 9.84 Å². The minimum absolute atomic E-state index is 0.0296. The number of amides is 1. The maximum absolute atomic E-state index is 12.2. The summed E-state index contributed by atoms with van der Waals surface area (Å²) in [6.45, 7) is 4.10. The van der Waals surface area contributed by atoms with Gasteiger partial charge in [0, 0.05) is 23.8 Å². The first-order chi connectivity index (χ1) is 9.89. The Balaban J connectivity index is 2.01. The Bertz CT molecular complexity index is 616. The number of nitrogens with one attached hydrogen (secondary N) is 2. The quantitative estimate of drug-likeness (QED) is 0.853. The normalized spacial score (nSPS) is 21.7. The molecule has 2 rings (SSSR count). The van der Waals surface area contributed by atoms with Crippen molar-refractivity contribution in [2.24, 2.45) is 0 Å². The van der Waals surface area contributed by atoms with E-state index in [0.29, 0.717) is 17.8 Å². The highest BCUT2D eigenvalue weighted by molar-refractivity contribution is 7.91. The largest absolute Gasteiger partial charge is 0.368 e. The van der Waals surface area contributed by atoms with E-state index in [4.69, 9.17) is 0 Å². The average Bonchev–Trinajstić information content (AvgIpc) is 2.78. The molecule has 0 saturated carbocycles. The van der Waals surface area contributed by atoms with Crippen molar-refractivity contribution in [3.05, 3.63) is 23.9 Å². The van der Waals surface area contributed by atoms with Crippen LogP contribution in [0.2, 0.25) is 0 Å². The van der Waals surface area contributed by atoms with Gasteiger partial charge in [-0.1, -0.05) is 6.92 Å². The lowest BCUT2D eigenvalue weighted by Crippen LogP contribution is -2.35. The van der Waals surface area contributed by atoms with E-state index in [1.807, 2.05) is 6.92 Å². The van der Waals surface area contributed by atoms with Crippen LogP contribution in [-0.4, -0.2) is 42.9 Å². The van der Waals surface area contributed by atoms with Gasteiger partial charge in [0.1, 0.15) is 5.82 Å². The van der Waals surface area contributed by atoms with Gasteiger partial charge in [-0.3, -0.25) is 4.79 Å². The number of sulfone groups is 1. The summed E-state index contributed by atoms with van der Waals surface area (Å²) in [4.78, 5) is 16.3. The van der Waals surface area contributed by atoms with E-state index in [-0.39, 0.29) is 29.5 Å². The molecule has 1 aliphatic rings. The lowest BCUT2D eigenvalue weighted by Gasteiger charge is -2.14. The third-order valence-corrected chi connectivity index (χ3v) is 5.36. The minimum Gasteiger partial charge on any atom is -0.368 e. The fourth-order valence-electron chi connectivity index (χ4n) is 2.18.